The highest BCUT2D eigenvalue weighted by Crippen LogP contribution is 2.13. The molecule has 1 aromatic heterocycles. The van der Waals surface area contributed by atoms with Gasteiger partial charge in [0.2, 0.25) is 0 Å². The fraction of sp³-hybridized carbons (Fsp3) is 0.600. The lowest BCUT2D eigenvalue weighted by Gasteiger charge is -2.27. The van der Waals surface area contributed by atoms with E-state index < -0.39 is 0 Å². The van der Waals surface area contributed by atoms with Gasteiger partial charge in [0, 0.05) is 18.8 Å². The summed E-state index contributed by atoms with van der Waals surface area (Å²) in [6.45, 7) is 4.01. The zero-order valence-electron chi connectivity index (χ0n) is 8.69. The Bertz CT molecular complexity index is 377. The zero-order valence-corrected chi connectivity index (χ0v) is 8.69. The molecule has 15 heavy (non-hydrogen) atoms. The van der Waals surface area contributed by atoms with Crippen LogP contribution in [0.1, 0.15) is 13.3 Å². The Kier molecular flexibility index (Phi) is 3.01. The molecule has 5 heteroatoms. The Morgan fingerprint density at radius 1 is 1.53 bits per heavy atom. The molecule has 0 unspecified atom stereocenters. The maximum atomic E-state index is 11.0. The molecule has 1 aromatic rings. The largest absolute Gasteiger partial charge is 0.460 e. The van der Waals surface area contributed by atoms with Gasteiger partial charge in [0.05, 0.1) is 0 Å². The van der Waals surface area contributed by atoms with Crippen LogP contribution in [-0.2, 0) is 0 Å². The Labute approximate surface area is 87.9 Å². The van der Waals surface area contributed by atoms with Crippen molar-refractivity contribution in [2.24, 2.45) is 5.92 Å². The number of nitrogens with one attached hydrogen (secondary N) is 2. The summed E-state index contributed by atoms with van der Waals surface area (Å²) in [6, 6.07) is 1.68. The van der Waals surface area contributed by atoms with Crippen molar-refractivity contribution in [1.82, 2.24) is 15.3 Å². The number of hydrogen-bond acceptors (Lipinski definition) is 4. The second-order valence-electron chi connectivity index (χ2n) is 3.98. The van der Waals surface area contributed by atoms with Crippen molar-refractivity contribution in [3.8, 4) is 6.01 Å². The van der Waals surface area contributed by atoms with Crippen LogP contribution in [0.5, 0.6) is 6.01 Å². The van der Waals surface area contributed by atoms with Crippen molar-refractivity contribution in [2.75, 3.05) is 13.1 Å². The standard InChI is InChI=1S/C10H15N3O2/c1-7-4-8(6-11-5-7)15-10-12-3-2-9(14)13-10/h2-3,7-8,11H,4-6H2,1H3,(H,12,13,14)/t7-,8+/m1/s1. The van der Waals surface area contributed by atoms with Crippen LogP contribution in [0.2, 0.25) is 0 Å². The first-order chi connectivity index (χ1) is 7.24. The van der Waals surface area contributed by atoms with Gasteiger partial charge in [0.1, 0.15) is 6.10 Å². The molecular formula is C10H15N3O2. The maximum absolute atomic E-state index is 11.0. The predicted octanol–water partition coefficient (Wildman–Crippen LogP) is 0.147. The number of aromatic nitrogens is 2. The summed E-state index contributed by atoms with van der Waals surface area (Å²) >= 11 is 0. The van der Waals surface area contributed by atoms with E-state index >= 15 is 0 Å². The minimum atomic E-state index is -0.184. The van der Waals surface area contributed by atoms with Gasteiger partial charge in [0.25, 0.3) is 11.6 Å². The molecule has 0 bridgehead atoms. The third-order valence-electron chi connectivity index (χ3n) is 2.46. The van der Waals surface area contributed by atoms with Gasteiger partial charge in [-0.3, -0.25) is 9.78 Å². The Balaban J connectivity index is 1.99. The second-order valence-corrected chi connectivity index (χ2v) is 3.98. The number of piperidine rings is 1. The van der Waals surface area contributed by atoms with Crippen LogP contribution >= 0.6 is 0 Å². The summed E-state index contributed by atoms with van der Waals surface area (Å²) < 4.78 is 5.58. The van der Waals surface area contributed by atoms with E-state index in [2.05, 4.69) is 22.2 Å². The molecule has 2 atom stereocenters. The van der Waals surface area contributed by atoms with Crippen LogP contribution in [0, 0.1) is 5.92 Å². The molecule has 5 nitrogen and oxygen atoms in total. The third kappa shape index (κ3) is 2.79. The van der Waals surface area contributed by atoms with E-state index in [4.69, 9.17) is 4.74 Å². The van der Waals surface area contributed by atoms with Crippen LogP contribution < -0.4 is 15.6 Å². The van der Waals surface area contributed by atoms with E-state index in [0.717, 1.165) is 19.5 Å². The number of hydrogen-bond donors (Lipinski definition) is 2. The average Bonchev–Trinajstić information content (AvgIpc) is 2.17. The SMILES string of the molecule is C[C@H]1CNC[C@@H](Oc2nccc(=O)[nH]2)C1. The van der Waals surface area contributed by atoms with Gasteiger partial charge in [-0.1, -0.05) is 6.92 Å². The highest BCUT2D eigenvalue weighted by molar-refractivity contribution is 4.95. The summed E-state index contributed by atoms with van der Waals surface area (Å²) in [6.07, 6.45) is 2.54. The van der Waals surface area contributed by atoms with E-state index in [0.29, 0.717) is 11.9 Å². The van der Waals surface area contributed by atoms with E-state index in [1.165, 1.54) is 12.3 Å². The highest BCUT2D eigenvalue weighted by Gasteiger charge is 2.20. The van der Waals surface area contributed by atoms with E-state index in [1.54, 1.807) is 0 Å². The van der Waals surface area contributed by atoms with Gasteiger partial charge in [-0.25, -0.2) is 4.98 Å². The fourth-order valence-electron chi connectivity index (χ4n) is 1.77. The van der Waals surface area contributed by atoms with Crippen molar-refractivity contribution in [2.45, 2.75) is 19.4 Å². The lowest BCUT2D eigenvalue weighted by molar-refractivity contribution is 0.130. The number of nitrogens with zero attached hydrogens (tertiary/aromatic N) is 1. The minimum Gasteiger partial charge on any atom is -0.460 e. The molecule has 0 spiro atoms. The van der Waals surface area contributed by atoms with Crippen molar-refractivity contribution in [3.05, 3.63) is 22.6 Å². The van der Waals surface area contributed by atoms with Crippen LogP contribution in [0.3, 0.4) is 0 Å². The van der Waals surface area contributed by atoms with Gasteiger partial charge in [-0.05, 0) is 18.9 Å². The quantitative estimate of drug-likeness (QED) is 0.727. The maximum Gasteiger partial charge on any atom is 0.296 e. The average molecular weight is 209 g/mol. The molecule has 82 valence electrons. The third-order valence-corrected chi connectivity index (χ3v) is 2.46. The number of H-pyrrole nitrogens is 1. The van der Waals surface area contributed by atoms with Gasteiger partial charge >= 0.3 is 0 Å². The van der Waals surface area contributed by atoms with E-state index in [9.17, 15) is 4.79 Å². The smallest absolute Gasteiger partial charge is 0.296 e. The summed E-state index contributed by atoms with van der Waals surface area (Å²) in [5.41, 5.74) is -0.184. The van der Waals surface area contributed by atoms with Crippen LogP contribution in [0.15, 0.2) is 17.1 Å². The van der Waals surface area contributed by atoms with Crippen molar-refractivity contribution in [1.29, 1.82) is 0 Å². The van der Waals surface area contributed by atoms with Gasteiger partial charge in [-0.2, -0.15) is 0 Å². The van der Waals surface area contributed by atoms with Crippen molar-refractivity contribution in [3.63, 3.8) is 0 Å². The molecule has 0 amide bonds. The van der Waals surface area contributed by atoms with E-state index in [-0.39, 0.29) is 11.7 Å². The topological polar surface area (TPSA) is 67.0 Å². The first kappa shape index (κ1) is 10.2. The molecule has 2 heterocycles. The molecule has 2 N–H and O–H groups in total. The van der Waals surface area contributed by atoms with Gasteiger partial charge in [-0.15, -0.1) is 0 Å². The van der Waals surface area contributed by atoms with Crippen LogP contribution in [-0.4, -0.2) is 29.2 Å². The normalized spacial score (nSPS) is 26.2. The molecular weight excluding hydrogens is 194 g/mol. The molecule has 0 radical (unpaired) electrons. The predicted molar refractivity (Wildman–Crippen MR) is 55.9 cm³/mol. The summed E-state index contributed by atoms with van der Waals surface area (Å²) in [4.78, 5) is 17.5. The Morgan fingerprint density at radius 3 is 3.13 bits per heavy atom. The van der Waals surface area contributed by atoms with Crippen molar-refractivity contribution >= 4 is 0 Å². The Morgan fingerprint density at radius 2 is 2.40 bits per heavy atom. The summed E-state index contributed by atoms with van der Waals surface area (Å²) in [5.74, 6) is 0.596. The van der Waals surface area contributed by atoms with Crippen molar-refractivity contribution < 1.29 is 4.74 Å². The first-order valence-corrected chi connectivity index (χ1v) is 5.17. The molecule has 1 aliphatic heterocycles. The monoisotopic (exact) mass is 209 g/mol. The van der Waals surface area contributed by atoms with Gasteiger partial charge < -0.3 is 10.1 Å². The molecule has 0 saturated carbocycles. The molecule has 0 aliphatic carbocycles. The Hall–Kier alpha value is -1.36. The second kappa shape index (κ2) is 4.44. The van der Waals surface area contributed by atoms with Gasteiger partial charge in [0.15, 0.2) is 0 Å². The number of rotatable bonds is 2. The number of aromatic amines is 1. The lowest BCUT2D eigenvalue weighted by atomic mass is 10.00. The van der Waals surface area contributed by atoms with E-state index in [1.807, 2.05) is 0 Å². The molecule has 0 aromatic carbocycles. The molecule has 1 fully saturated rings. The fourth-order valence-corrected chi connectivity index (χ4v) is 1.77. The first-order valence-electron chi connectivity index (χ1n) is 5.17. The highest BCUT2D eigenvalue weighted by atomic mass is 16.5. The summed E-state index contributed by atoms with van der Waals surface area (Å²) in [7, 11) is 0. The lowest BCUT2D eigenvalue weighted by Crippen LogP contribution is -2.41. The molecule has 2 rings (SSSR count). The van der Waals surface area contributed by atoms with Crippen LogP contribution in [0.25, 0.3) is 0 Å². The number of ether oxygens (including phenoxy) is 1. The summed E-state index contributed by atoms with van der Waals surface area (Å²) in [5, 5.41) is 3.27. The van der Waals surface area contributed by atoms with Crippen LogP contribution in [0.4, 0.5) is 0 Å². The minimum absolute atomic E-state index is 0.0966. The molecule has 1 aliphatic rings. The molecule has 1 saturated heterocycles. The zero-order chi connectivity index (χ0) is 10.7.